The molecule has 2 heterocycles. The van der Waals surface area contributed by atoms with E-state index in [1.165, 1.54) is 0 Å². The van der Waals surface area contributed by atoms with Crippen LogP contribution in [0.3, 0.4) is 0 Å². The van der Waals surface area contributed by atoms with Crippen LogP contribution in [0.15, 0.2) is 59.1 Å². The van der Waals surface area contributed by atoms with Crippen LogP contribution in [0.5, 0.6) is 11.5 Å². The van der Waals surface area contributed by atoms with Gasteiger partial charge in [0.15, 0.2) is 5.76 Å². The molecule has 1 amide bonds. The predicted octanol–water partition coefficient (Wildman–Crippen LogP) is 5.05. The molecule has 1 aromatic heterocycles. The Morgan fingerprint density at radius 3 is 2.61 bits per heavy atom. The zero-order valence-electron chi connectivity index (χ0n) is 18.0. The van der Waals surface area contributed by atoms with Crippen LogP contribution in [0.1, 0.15) is 43.0 Å². The van der Waals surface area contributed by atoms with E-state index in [0.29, 0.717) is 12.2 Å². The minimum atomic E-state index is -0.0728. The summed E-state index contributed by atoms with van der Waals surface area (Å²) in [6.07, 6.45) is 4.42. The SMILES string of the molecule is COc1ccc(-c2cc([C@@H]3CCCCCN3C(=O)Cc3cccc(OC)c3)no2)cc1. The van der Waals surface area contributed by atoms with E-state index < -0.39 is 0 Å². The number of amides is 1. The Labute approximate surface area is 182 Å². The van der Waals surface area contributed by atoms with E-state index in [4.69, 9.17) is 14.0 Å². The lowest BCUT2D eigenvalue weighted by atomic mass is 10.0. The number of nitrogens with zero attached hydrogens (tertiary/aromatic N) is 2. The molecular weight excluding hydrogens is 392 g/mol. The molecule has 4 rings (SSSR count). The highest BCUT2D eigenvalue weighted by Gasteiger charge is 2.29. The molecule has 1 atom stereocenters. The van der Waals surface area contributed by atoms with Gasteiger partial charge in [-0.2, -0.15) is 0 Å². The lowest BCUT2D eigenvalue weighted by Crippen LogP contribution is -2.36. The molecule has 0 spiro atoms. The zero-order valence-corrected chi connectivity index (χ0v) is 18.0. The van der Waals surface area contributed by atoms with Crippen molar-refractivity contribution in [2.45, 2.75) is 38.1 Å². The standard InChI is InChI=1S/C25H28N2O4/c1-29-20-12-10-19(11-13-20)24-17-22(26-31-24)23-9-4-3-5-14-27(23)25(28)16-18-7-6-8-21(15-18)30-2/h6-8,10-13,15,17,23H,3-5,9,14,16H2,1-2H3/t23-/m0/s1. The molecule has 1 aliphatic heterocycles. The van der Waals surface area contributed by atoms with Crippen molar-refractivity contribution >= 4 is 5.91 Å². The monoisotopic (exact) mass is 420 g/mol. The number of carbonyl (C=O) groups is 1. The highest BCUT2D eigenvalue weighted by molar-refractivity contribution is 5.79. The van der Waals surface area contributed by atoms with Crippen molar-refractivity contribution < 1.29 is 18.8 Å². The molecule has 3 aromatic rings. The average Bonchev–Trinajstić information content (AvgIpc) is 3.16. The first-order valence-corrected chi connectivity index (χ1v) is 10.7. The van der Waals surface area contributed by atoms with Crippen LogP contribution in [-0.4, -0.2) is 36.7 Å². The molecule has 0 N–H and O–H groups in total. The molecule has 31 heavy (non-hydrogen) atoms. The molecule has 6 heteroatoms. The van der Waals surface area contributed by atoms with Gasteiger partial charge in [-0.25, -0.2) is 0 Å². The van der Waals surface area contributed by atoms with E-state index in [2.05, 4.69) is 5.16 Å². The van der Waals surface area contributed by atoms with Crippen LogP contribution in [0.2, 0.25) is 0 Å². The summed E-state index contributed by atoms with van der Waals surface area (Å²) >= 11 is 0. The topological polar surface area (TPSA) is 64.8 Å². The summed E-state index contributed by atoms with van der Waals surface area (Å²) in [5, 5.41) is 4.35. The third-order valence-corrected chi connectivity index (χ3v) is 5.81. The molecule has 1 aliphatic rings. The van der Waals surface area contributed by atoms with Crippen LogP contribution >= 0.6 is 0 Å². The Bertz CT molecular complexity index is 1010. The average molecular weight is 421 g/mol. The van der Waals surface area contributed by atoms with E-state index in [-0.39, 0.29) is 11.9 Å². The molecule has 1 fully saturated rings. The van der Waals surface area contributed by atoms with Gasteiger partial charge in [0.05, 0.1) is 26.7 Å². The summed E-state index contributed by atoms with van der Waals surface area (Å²) in [6, 6.07) is 17.3. The molecule has 2 aromatic carbocycles. The Hall–Kier alpha value is -3.28. The molecule has 0 unspecified atom stereocenters. The summed E-state index contributed by atoms with van der Waals surface area (Å²) in [7, 11) is 3.28. The van der Waals surface area contributed by atoms with Crippen molar-refractivity contribution in [2.24, 2.45) is 0 Å². The number of hydrogen-bond donors (Lipinski definition) is 0. The summed E-state index contributed by atoms with van der Waals surface area (Å²) in [4.78, 5) is 15.2. The van der Waals surface area contributed by atoms with Gasteiger partial charge in [-0.1, -0.05) is 30.1 Å². The maximum Gasteiger partial charge on any atom is 0.227 e. The predicted molar refractivity (Wildman–Crippen MR) is 118 cm³/mol. The maximum atomic E-state index is 13.3. The number of aromatic nitrogens is 1. The van der Waals surface area contributed by atoms with Crippen LogP contribution < -0.4 is 9.47 Å². The van der Waals surface area contributed by atoms with Crippen molar-refractivity contribution in [1.82, 2.24) is 10.1 Å². The van der Waals surface area contributed by atoms with Crippen LogP contribution in [0.25, 0.3) is 11.3 Å². The van der Waals surface area contributed by atoms with Crippen LogP contribution in [0, 0.1) is 0 Å². The quantitative estimate of drug-likeness (QED) is 0.559. The second kappa shape index (κ2) is 9.69. The van der Waals surface area contributed by atoms with Gasteiger partial charge in [-0.3, -0.25) is 4.79 Å². The summed E-state index contributed by atoms with van der Waals surface area (Å²) in [5.74, 6) is 2.36. The van der Waals surface area contributed by atoms with E-state index in [0.717, 1.165) is 60.5 Å². The highest BCUT2D eigenvalue weighted by atomic mass is 16.5. The molecule has 0 saturated carbocycles. The summed E-state index contributed by atoms with van der Waals surface area (Å²) in [5.41, 5.74) is 2.69. The number of hydrogen-bond acceptors (Lipinski definition) is 5. The third kappa shape index (κ3) is 4.90. The minimum Gasteiger partial charge on any atom is -0.497 e. The van der Waals surface area contributed by atoms with Gasteiger partial charge in [0.1, 0.15) is 17.2 Å². The van der Waals surface area contributed by atoms with Crippen molar-refractivity contribution in [1.29, 1.82) is 0 Å². The molecule has 0 radical (unpaired) electrons. The van der Waals surface area contributed by atoms with Crippen molar-refractivity contribution in [3.63, 3.8) is 0 Å². The molecule has 0 aliphatic carbocycles. The first-order chi connectivity index (χ1) is 15.2. The first-order valence-electron chi connectivity index (χ1n) is 10.7. The van der Waals surface area contributed by atoms with Gasteiger partial charge in [0.25, 0.3) is 0 Å². The van der Waals surface area contributed by atoms with Gasteiger partial charge >= 0.3 is 0 Å². The number of likely N-dealkylation sites (tertiary alicyclic amines) is 1. The first kappa shape index (κ1) is 21.0. The number of carbonyl (C=O) groups excluding carboxylic acids is 1. The number of ether oxygens (including phenoxy) is 2. The Morgan fingerprint density at radius 2 is 1.84 bits per heavy atom. The van der Waals surface area contributed by atoms with Crippen molar-refractivity contribution in [2.75, 3.05) is 20.8 Å². The van der Waals surface area contributed by atoms with Crippen molar-refractivity contribution in [3.8, 4) is 22.8 Å². The largest absolute Gasteiger partial charge is 0.497 e. The second-order valence-electron chi connectivity index (χ2n) is 7.83. The second-order valence-corrected chi connectivity index (χ2v) is 7.83. The number of rotatable bonds is 6. The fourth-order valence-corrected chi connectivity index (χ4v) is 4.11. The van der Waals surface area contributed by atoms with E-state index >= 15 is 0 Å². The summed E-state index contributed by atoms with van der Waals surface area (Å²) in [6.45, 7) is 0.734. The molecular formula is C25H28N2O4. The van der Waals surface area contributed by atoms with E-state index in [1.807, 2.05) is 59.5 Å². The van der Waals surface area contributed by atoms with Crippen LogP contribution in [-0.2, 0) is 11.2 Å². The molecule has 1 saturated heterocycles. The Balaban J connectivity index is 1.54. The zero-order chi connectivity index (χ0) is 21.6. The van der Waals surface area contributed by atoms with Gasteiger partial charge in [0.2, 0.25) is 5.91 Å². The minimum absolute atomic E-state index is 0.0728. The van der Waals surface area contributed by atoms with Gasteiger partial charge in [-0.15, -0.1) is 0 Å². The molecule has 6 nitrogen and oxygen atoms in total. The van der Waals surface area contributed by atoms with Crippen LogP contribution in [0.4, 0.5) is 0 Å². The van der Waals surface area contributed by atoms with Crippen molar-refractivity contribution in [3.05, 3.63) is 65.9 Å². The Kier molecular flexibility index (Phi) is 6.55. The maximum absolute atomic E-state index is 13.3. The van der Waals surface area contributed by atoms with Gasteiger partial charge in [-0.05, 0) is 54.8 Å². The number of benzene rings is 2. The smallest absolute Gasteiger partial charge is 0.227 e. The molecule has 0 bridgehead atoms. The fourth-order valence-electron chi connectivity index (χ4n) is 4.11. The van der Waals surface area contributed by atoms with E-state index in [1.54, 1.807) is 14.2 Å². The Morgan fingerprint density at radius 1 is 1.03 bits per heavy atom. The normalized spacial score (nSPS) is 16.6. The lowest BCUT2D eigenvalue weighted by molar-refractivity contribution is -0.133. The summed E-state index contributed by atoms with van der Waals surface area (Å²) < 4.78 is 16.2. The molecule has 162 valence electrons. The van der Waals surface area contributed by atoms with E-state index in [9.17, 15) is 4.79 Å². The lowest BCUT2D eigenvalue weighted by Gasteiger charge is -2.28. The van der Waals surface area contributed by atoms with Gasteiger partial charge < -0.3 is 18.9 Å². The van der Waals surface area contributed by atoms with Gasteiger partial charge in [0, 0.05) is 18.2 Å². The number of methoxy groups -OCH3 is 2. The fraction of sp³-hybridized carbons (Fsp3) is 0.360. The third-order valence-electron chi connectivity index (χ3n) is 5.81. The highest BCUT2D eigenvalue weighted by Crippen LogP contribution is 2.33.